The molecule has 138 valence electrons. The van der Waals surface area contributed by atoms with Gasteiger partial charge >= 0.3 is 0 Å². The van der Waals surface area contributed by atoms with Gasteiger partial charge in [0.1, 0.15) is 12.1 Å². The number of nitrogens with zero attached hydrogens (tertiary/aromatic N) is 3. The molecule has 1 atom stereocenters. The van der Waals surface area contributed by atoms with Crippen molar-refractivity contribution in [1.29, 1.82) is 0 Å². The molecule has 3 aromatic rings. The summed E-state index contributed by atoms with van der Waals surface area (Å²) in [4.78, 5) is 17.4. The molecule has 0 saturated carbocycles. The summed E-state index contributed by atoms with van der Waals surface area (Å²) in [6.07, 6.45) is 3.54. The summed E-state index contributed by atoms with van der Waals surface area (Å²) in [5.74, 6) is 0.324. The molecular weight excluding hydrogens is 351 g/mol. The maximum Gasteiger partial charge on any atom is 0.220 e. The number of thiazole rings is 1. The van der Waals surface area contributed by atoms with Crippen molar-refractivity contribution in [3.05, 3.63) is 53.0 Å². The van der Waals surface area contributed by atoms with E-state index in [4.69, 9.17) is 0 Å². The van der Waals surface area contributed by atoms with E-state index in [9.17, 15) is 9.18 Å². The van der Waals surface area contributed by atoms with E-state index in [-0.39, 0.29) is 17.6 Å². The minimum absolute atomic E-state index is 0.0186. The van der Waals surface area contributed by atoms with Gasteiger partial charge in [-0.15, -0.1) is 11.3 Å². The normalized spacial score (nSPS) is 12.6. The van der Waals surface area contributed by atoms with Crippen LogP contribution in [0.4, 0.5) is 4.39 Å². The van der Waals surface area contributed by atoms with Gasteiger partial charge in [-0.1, -0.05) is 26.0 Å². The van der Waals surface area contributed by atoms with Gasteiger partial charge in [-0.25, -0.2) is 13.9 Å². The predicted molar refractivity (Wildman–Crippen MR) is 101 cm³/mol. The largest absolute Gasteiger partial charge is 0.356 e. The van der Waals surface area contributed by atoms with E-state index in [0.29, 0.717) is 25.3 Å². The molecule has 7 heteroatoms. The molecule has 0 aliphatic rings. The Morgan fingerprint density at radius 2 is 2.08 bits per heavy atom. The number of halogens is 1. The van der Waals surface area contributed by atoms with E-state index < -0.39 is 0 Å². The summed E-state index contributed by atoms with van der Waals surface area (Å²) in [5, 5.41) is 9.19. The van der Waals surface area contributed by atoms with Crippen LogP contribution >= 0.6 is 11.3 Å². The van der Waals surface area contributed by atoms with Gasteiger partial charge in [0.15, 0.2) is 0 Å². The van der Waals surface area contributed by atoms with Gasteiger partial charge in [-0.3, -0.25) is 4.79 Å². The molecular formula is C19H23FN4OS. The standard InChI is InChI=1S/C19H23FN4OS/c1-13(2)9-15(14-3-5-16(20)6-4-14)10-18(25)21-8-7-17-11-26-19-22-12-23-24(17)19/h3-6,11-13,15H,7-10H2,1-2H3,(H,21,25). The average Bonchev–Trinajstić information content (AvgIpc) is 3.19. The van der Waals surface area contributed by atoms with Gasteiger partial charge in [0.25, 0.3) is 0 Å². The number of carbonyl (C=O) groups excluding carboxylic acids is 1. The number of hydrogen-bond acceptors (Lipinski definition) is 4. The second kappa shape index (κ2) is 8.40. The lowest BCUT2D eigenvalue weighted by molar-refractivity contribution is -0.121. The van der Waals surface area contributed by atoms with Gasteiger partial charge in [0.2, 0.25) is 10.9 Å². The van der Waals surface area contributed by atoms with Crippen molar-refractivity contribution in [1.82, 2.24) is 19.9 Å². The highest BCUT2D eigenvalue weighted by molar-refractivity contribution is 7.15. The fourth-order valence-electron chi connectivity index (χ4n) is 3.11. The van der Waals surface area contributed by atoms with Gasteiger partial charge in [-0.2, -0.15) is 5.10 Å². The molecule has 0 saturated heterocycles. The molecule has 3 rings (SSSR count). The quantitative estimate of drug-likeness (QED) is 0.652. The Balaban J connectivity index is 1.55. The first-order valence-corrected chi connectivity index (χ1v) is 9.69. The topological polar surface area (TPSA) is 59.3 Å². The van der Waals surface area contributed by atoms with Gasteiger partial charge in [0, 0.05) is 24.8 Å². The Labute approximate surface area is 156 Å². The van der Waals surface area contributed by atoms with E-state index in [1.54, 1.807) is 28.0 Å². The van der Waals surface area contributed by atoms with Gasteiger partial charge in [0.05, 0.1) is 5.69 Å². The highest BCUT2D eigenvalue weighted by atomic mass is 32.1. The van der Waals surface area contributed by atoms with Crippen molar-refractivity contribution in [3.8, 4) is 0 Å². The summed E-state index contributed by atoms with van der Waals surface area (Å²) >= 11 is 1.54. The molecule has 0 spiro atoms. The number of hydrogen-bond donors (Lipinski definition) is 1. The molecule has 5 nitrogen and oxygen atoms in total. The first kappa shape index (κ1) is 18.5. The predicted octanol–water partition coefficient (Wildman–Crippen LogP) is 3.81. The number of aromatic nitrogens is 3. The molecule has 2 heterocycles. The molecule has 0 aliphatic heterocycles. The first-order valence-electron chi connectivity index (χ1n) is 8.81. The maximum absolute atomic E-state index is 13.2. The Morgan fingerprint density at radius 3 is 2.81 bits per heavy atom. The minimum Gasteiger partial charge on any atom is -0.356 e. The highest BCUT2D eigenvalue weighted by Gasteiger charge is 2.18. The lowest BCUT2D eigenvalue weighted by atomic mass is 9.87. The van der Waals surface area contributed by atoms with Gasteiger partial charge < -0.3 is 5.32 Å². The summed E-state index contributed by atoms with van der Waals surface area (Å²) in [5.41, 5.74) is 2.05. The van der Waals surface area contributed by atoms with Crippen LogP contribution in [0.3, 0.4) is 0 Å². The average molecular weight is 374 g/mol. The first-order chi connectivity index (χ1) is 12.5. The Hall–Kier alpha value is -2.28. The number of benzene rings is 1. The number of nitrogens with one attached hydrogen (secondary N) is 1. The van der Waals surface area contributed by atoms with Crippen molar-refractivity contribution in [3.63, 3.8) is 0 Å². The van der Waals surface area contributed by atoms with Crippen molar-refractivity contribution in [2.45, 2.75) is 39.0 Å². The number of carbonyl (C=O) groups is 1. The Morgan fingerprint density at radius 1 is 1.31 bits per heavy atom. The van der Waals surface area contributed by atoms with E-state index >= 15 is 0 Å². The molecule has 26 heavy (non-hydrogen) atoms. The number of fused-ring (bicyclic) bond motifs is 1. The highest BCUT2D eigenvalue weighted by Crippen LogP contribution is 2.27. The van der Waals surface area contributed by atoms with Crippen LogP contribution in [-0.4, -0.2) is 27.0 Å². The molecule has 1 amide bonds. The molecule has 1 N–H and O–H groups in total. The second-order valence-electron chi connectivity index (χ2n) is 6.86. The zero-order valence-corrected chi connectivity index (χ0v) is 15.8. The van der Waals surface area contributed by atoms with Crippen molar-refractivity contribution in [2.24, 2.45) is 5.92 Å². The molecule has 0 radical (unpaired) electrons. The third-order valence-corrected chi connectivity index (χ3v) is 5.20. The molecule has 0 fully saturated rings. The molecule has 1 unspecified atom stereocenters. The van der Waals surface area contributed by atoms with Crippen molar-refractivity contribution in [2.75, 3.05) is 6.54 Å². The summed E-state index contributed by atoms with van der Waals surface area (Å²) < 4.78 is 15.0. The molecule has 0 aliphatic carbocycles. The second-order valence-corrected chi connectivity index (χ2v) is 7.70. The van der Waals surface area contributed by atoms with E-state index in [0.717, 1.165) is 22.6 Å². The molecule has 2 aromatic heterocycles. The van der Waals surface area contributed by atoms with Crippen LogP contribution in [0.5, 0.6) is 0 Å². The lowest BCUT2D eigenvalue weighted by Crippen LogP contribution is -2.27. The molecule has 0 bridgehead atoms. The van der Waals surface area contributed by atoms with Crippen LogP contribution in [0.1, 0.15) is 43.9 Å². The van der Waals surface area contributed by atoms with Crippen LogP contribution in [0.15, 0.2) is 36.0 Å². The summed E-state index contributed by atoms with van der Waals surface area (Å²) in [6.45, 7) is 4.82. The maximum atomic E-state index is 13.2. The fourth-order valence-corrected chi connectivity index (χ4v) is 3.94. The lowest BCUT2D eigenvalue weighted by Gasteiger charge is -2.19. The zero-order valence-electron chi connectivity index (χ0n) is 15.0. The monoisotopic (exact) mass is 374 g/mol. The van der Waals surface area contributed by atoms with E-state index in [2.05, 4.69) is 29.2 Å². The van der Waals surface area contributed by atoms with Crippen LogP contribution < -0.4 is 5.32 Å². The van der Waals surface area contributed by atoms with Crippen LogP contribution in [0.25, 0.3) is 4.96 Å². The van der Waals surface area contributed by atoms with Gasteiger partial charge in [-0.05, 0) is 36.0 Å². The van der Waals surface area contributed by atoms with Crippen molar-refractivity contribution < 1.29 is 9.18 Å². The Kier molecular flexibility index (Phi) is 5.98. The van der Waals surface area contributed by atoms with Crippen LogP contribution in [0.2, 0.25) is 0 Å². The van der Waals surface area contributed by atoms with E-state index in [1.807, 2.05) is 5.38 Å². The summed E-state index contributed by atoms with van der Waals surface area (Å²) in [6, 6.07) is 6.48. The fraction of sp³-hybridized carbons (Fsp3) is 0.421. The van der Waals surface area contributed by atoms with Crippen LogP contribution in [-0.2, 0) is 11.2 Å². The minimum atomic E-state index is -0.253. The Bertz CT molecular complexity index is 856. The third-order valence-electron chi connectivity index (χ3n) is 4.32. The van der Waals surface area contributed by atoms with Crippen LogP contribution in [0, 0.1) is 11.7 Å². The van der Waals surface area contributed by atoms with Crippen molar-refractivity contribution >= 4 is 22.2 Å². The summed E-state index contributed by atoms with van der Waals surface area (Å²) in [7, 11) is 0. The zero-order chi connectivity index (χ0) is 18.5. The third kappa shape index (κ3) is 4.66. The SMILES string of the molecule is CC(C)CC(CC(=O)NCCc1csc2ncnn12)c1ccc(F)cc1. The number of amides is 1. The smallest absolute Gasteiger partial charge is 0.220 e. The molecule has 1 aromatic carbocycles. The number of rotatable bonds is 8. The van der Waals surface area contributed by atoms with E-state index in [1.165, 1.54) is 18.5 Å².